The molecule has 2 aliphatic heterocycles. The number of likely N-dealkylation sites (tertiary alicyclic amines) is 1. The fraction of sp³-hybridized carbons (Fsp3) is 0.500. The highest BCUT2D eigenvalue weighted by Crippen LogP contribution is 2.28. The minimum atomic E-state index is -1.12. The molecule has 24 heavy (non-hydrogen) atoms. The molecule has 2 fully saturated rings. The summed E-state index contributed by atoms with van der Waals surface area (Å²) in [6.07, 6.45) is 1.93. The molecule has 1 aromatic rings. The van der Waals surface area contributed by atoms with Crippen LogP contribution in [0.15, 0.2) is 30.3 Å². The Morgan fingerprint density at radius 1 is 1.21 bits per heavy atom. The largest absolute Gasteiger partial charge is 0.341 e. The Morgan fingerprint density at radius 3 is 2.46 bits per heavy atom. The smallest absolute Gasteiger partial charge is 0.325 e. The molecule has 1 atom stereocenters. The van der Waals surface area contributed by atoms with Crippen LogP contribution >= 0.6 is 0 Å². The Kier molecular flexibility index (Phi) is 4.30. The van der Waals surface area contributed by atoms with Gasteiger partial charge in [-0.2, -0.15) is 0 Å². The van der Waals surface area contributed by atoms with Gasteiger partial charge in [0, 0.05) is 13.1 Å². The van der Waals surface area contributed by atoms with Gasteiger partial charge in [-0.1, -0.05) is 37.3 Å². The van der Waals surface area contributed by atoms with E-state index >= 15 is 0 Å². The first-order valence-corrected chi connectivity index (χ1v) is 8.39. The number of benzene rings is 1. The minimum Gasteiger partial charge on any atom is -0.341 e. The van der Waals surface area contributed by atoms with Crippen LogP contribution in [0.3, 0.4) is 0 Å². The predicted molar refractivity (Wildman–Crippen MR) is 89.0 cm³/mol. The summed E-state index contributed by atoms with van der Waals surface area (Å²) in [7, 11) is 0. The Balaban J connectivity index is 1.72. The van der Waals surface area contributed by atoms with E-state index in [2.05, 4.69) is 12.2 Å². The highest BCUT2D eigenvalue weighted by atomic mass is 16.2. The summed E-state index contributed by atoms with van der Waals surface area (Å²) in [5.41, 5.74) is -0.403. The van der Waals surface area contributed by atoms with Gasteiger partial charge in [-0.05, 0) is 31.2 Å². The van der Waals surface area contributed by atoms with Crippen LogP contribution in [-0.2, 0) is 15.1 Å². The van der Waals surface area contributed by atoms with Gasteiger partial charge in [0.15, 0.2) is 0 Å². The summed E-state index contributed by atoms with van der Waals surface area (Å²) in [6.45, 7) is 5.04. The molecule has 2 saturated heterocycles. The maximum atomic E-state index is 12.8. The minimum absolute atomic E-state index is 0.164. The molecule has 128 valence electrons. The van der Waals surface area contributed by atoms with Gasteiger partial charge in [0.1, 0.15) is 12.1 Å². The summed E-state index contributed by atoms with van der Waals surface area (Å²) in [6, 6.07) is 8.59. The van der Waals surface area contributed by atoms with E-state index in [1.165, 1.54) is 0 Å². The number of amides is 4. The third kappa shape index (κ3) is 2.88. The topological polar surface area (TPSA) is 69.7 Å². The fourth-order valence-corrected chi connectivity index (χ4v) is 3.30. The number of rotatable bonds is 3. The molecule has 0 radical (unpaired) electrons. The number of nitrogens with zero attached hydrogens (tertiary/aromatic N) is 2. The van der Waals surface area contributed by atoms with Crippen LogP contribution in [0.25, 0.3) is 0 Å². The molecule has 1 N–H and O–H groups in total. The quantitative estimate of drug-likeness (QED) is 0.858. The van der Waals surface area contributed by atoms with E-state index in [9.17, 15) is 14.4 Å². The lowest BCUT2D eigenvalue weighted by Crippen LogP contribution is -2.46. The van der Waals surface area contributed by atoms with Crippen molar-refractivity contribution in [2.75, 3.05) is 19.6 Å². The fourth-order valence-electron chi connectivity index (χ4n) is 3.30. The molecular formula is C18H23N3O3. The lowest BCUT2D eigenvalue weighted by molar-refractivity contribution is -0.139. The number of hydrogen-bond donors (Lipinski definition) is 1. The molecule has 2 heterocycles. The number of piperidine rings is 1. The highest BCUT2D eigenvalue weighted by Gasteiger charge is 2.49. The molecule has 0 bridgehead atoms. The van der Waals surface area contributed by atoms with Gasteiger partial charge in [-0.3, -0.25) is 14.5 Å². The van der Waals surface area contributed by atoms with Crippen molar-refractivity contribution >= 4 is 17.8 Å². The van der Waals surface area contributed by atoms with Crippen LogP contribution in [0, 0.1) is 5.92 Å². The predicted octanol–water partition coefficient (Wildman–Crippen LogP) is 1.71. The zero-order valence-electron chi connectivity index (χ0n) is 14.1. The van der Waals surface area contributed by atoms with E-state index in [-0.39, 0.29) is 18.4 Å². The van der Waals surface area contributed by atoms with E-state index in [0.29, 0.717) is 24.6 Å². The molecule has 6 heteroatoms. The van der Waals surface area contributed by atoms with Gasteiger partial charge < -0.3 is 10.2 Å². The van der Waals surface area contributed by atoms with Crippen LogP contribution in [0.5, 0.6) is 0 Å². The number of carbonyl (C=O) groups is 3. The van der Waals surface area contributed by atoms with Crippen molar-refractivity contribution in [1.29, 1.82) is 0 Å². The van der Waals surface area contributed by atoms with Crippen molar-refractivity contribution in [3.8, 4) is 0 Å². The molecule has 1 unspecified atom stereocenters. The van der Waals surface area contributed by atoms with Gasteiger partial charge in [-0.15, -0.1) is 0 Å². The van der Waals surface area contributed by atoms with Gasteiger partial charge in [0.25, 0.3) is 5.91 Å². The van der Waals surface area contributed by atoms with Gasteiger partial charge >= 0.3 is 6.03 Å². The molecule has 0 saturated carbocycles. The monoisotopic (exact) mass is 329 g/mol. The number of hydrogen-bond acceptors (Lipinski definition) is 3. The van der Waals surface area contributed by atoms with Crippen molar-refractivity contribution < 1.29 is 14.4 Å². The molecule has 0 aliphatic carbocycles. The van der Waals surface area contributed by atoms with Gasteiger partial charge in [-0.25, -0.2) is 4.79 Å². The van der Waals surface area contributed by atoms with E-state index < -0.39 is 11.6 Å². The van der Waals surface area contributed by atoms with E-state index in [1.54, 1.807) is 24.0 Å². The molecule has 2 aliphatic rings. The number of nitrogens with one attached hydrogen (secondary N) is 1. The maximum absolute atomic E-state index is 12.8. The summed E-state index contributed by atoms with van der Waals surface area (Å²) in [5.74, 6) is 0.0762. The molecule has 1 aromatic carbocycles. The summed E-state index contributed by atoms with van der Waals surface area (Å²) < 4.78 is 0. The third-order valence-corrected chi connectivity index (χ3v) is 5.06. The molecule has 6 nitrogen and oxygen atoms in total. The number of urea groups is 1. The molecule has 0 aromatic heterocycles. The zero-order chi connectivity index (χ0) is 17.3. The standard InChI is InChI=1S/C18H23N3O3/c1-13-8-10-20(11-9-13)15(22)12-21-16(23)18(2,19-17(21)24)14-6-4-3-5-7-14/h3-7,13H,8-12H2,1-2H3,(H,19,24). The molecule has 3 rings (SSSR count). The van der Waals surface area contributed by atoms with Crippen molar-refractivity contribution in [2.45, 2.75) is 32.2 Å². The van der Waals surface area contributed by atoms with Crippen LogP contribution in [0.4, 0.5) is 4.79 Å². The van der Waals surface area contributed by atoms with Crippen LogP contribution < -0.4 is 5.32 Å². The third-order valence-electron chi connectivity index (χ3n) is 5.06. The summed E-state index contributed by atoms with van der Waals surface area (Å²) >= 11 is 0. The molecule has 0 spiro atoms. The first-order valence-electron chi connectivity index (χ1n) is 8.39. The Morgan fingerprint density at radius 2 is 1.83 bits per heavy atom. The highest BCUT2D eigenvalue weighted by molar-refractivity contribution is 6.09. The maximum Gasteiger partial charge on any atom is 0.325 e. The SMILES string of the molecule is CC1CCN(C(=O)CN2C(=O)NC(C)(c3ccccc3)C2=O)CC1. The van der Waals surface area contributed by atoms with Crippen molar-refractivity contribution in [3.63, 3.8) is 0 Å². The van der Waals surface area contributed by atoms with Crippen molar-refractivity contribution in [2.24, 2.45) is 5.92 Å². The molecule has 4 amide bonds. The Bertz CT molecular complexity index is 653. The summed E-state index contributed by atoms with van der Waals surface area (Å²) in [5, 5.41) is 2.73. The first kappa shape index (κ1) is 16.5. The van der Waals surface area contributed by atoms with Crippen LogP contribution in [0.2, 0.25) is 0 Å². The van der Waals surface area contributed by atoms with Crippen molar-refractivity contribution in [1.82, 2.24) is 15.1 Å². The number of carbonyl (C=O) groups excluding carboxylic acids is 3. The average Bonchev–Trinajstić information content (AvgIpc) is 2.80. The lowest BCUT2D eigenvalue weighted by atomic mass is 9.92. The van der Waals surface area contributed by atoms with Crippen LogP contribution in [-0.4, -0.2) is 47.3 Å². The van der Waals surface area contributed by atoms with Crippen LogP contribution in [0.1, 0.15) is 32.3 Å². The number of imide groups is 1. The Hall–Kier alpha value is -2.37. The second-order valence-corrected chi connectivity index (χ2v) is 6.88. The van der Waals surface area contributed by atoms with E-state index in [1.807, 2.05) is 18.2 Å². The second-order valence-electron chi connectivity index (χ2n) is 6.88. The normalized spacial score (nSPS) is 25.1. The lowest BCUT2D eigenvalue weighted by Gasteiger charge is -2.31. The molecular weight excluding hydrogens is 306 g/mol. The zero-order valence-corrected chi connectivity index (χ0v) is 14.1. The van der Waals surface area contributed by atoms with Gasteiger partial charge in [0.05, 0.1) is 0 Å². The average molecular weight is 329 g/mol. The van der Waals surface area contributed by atoms with E-state index in [4.69, 9.17) is 0 Å². The summed E-state index contributed by atoms with van der Waals surface area (Å²) in [4.78, 5) is 40.3. The van der Waals surface area contributed by atoms with Crippen molar-refractivity contribution in [3.05, 3.63) is 35.9 Å². The van der Waals surface area contributed by atoms with Gasteiger partial charge in [0.2, 0.25) is 5.91 Å². The second kappa shape index (κ2) is 6.26. The van der Waals surface area contributed by atoms with E-state index in [0.717, 1.165) is 17.7 Å². The first-order chi connectivity index (χ1) is 11.4. The Labute approximate surface area is 141 Å².